The van der Waals surface area contributed by atoms with Gasteiger partial charge in [-0.05, 0) is 51.3 Å². The molecule has 1 aromatic carbocycles. The Hall–Kier alpha value is -2.08. The fourth-order valence-electron chi connectivity index (χ4n) is 4.22. The van der Waals surface area contributed by atoms with Crippen molar-refractivity contribution < 1.29 is 19.1 Å². The van der Waals surface area contributed by atoms with Crippen LogP contribution >= 0.6 is 0 Å². The van der Waals surface area contributed by atoms with E-state index in [-0.39, 0.29) is 18.2 Å². The molecule has 0 aliphatic carbocycles. The number of ether oxygens (including phenoxy) is 1. The Morgan fingerprint density at radius 3 is 2.64 bits per heavy atom. The van der Waals surface area contributed by atoms with Gasteiger partial charge in [-0.1, -0.05) is 6.07 Å². The van der Waals surface area contributed by atoms with Gasteiger partial charge in [-0.15, -0.1) is 0 Å². The summed E-state index contributed by atoms with van der Waals surface area (Å²) in [5.74, 6) is 0. The lowest BCUT2D eigenvalue weighted by molar-refractivity contribution is -0.0623. The van der Waals surface area contributed by atoms with Crippen LogP contribution in [0.4, 0.5) is 4.79 Å². The second-order valence-electron chi connectivity index (χ2n) is 8.25. The van der Waals surface area contributed by atoms with Crippen LogP contribution < -0.4 is 0 Å². The lowest BCUT2D eigenvalue weighted by Gasteiger charge is -2.44. The van der Waals surface area contributed by atoms with Crippen molar-refractivity contribution in [3.05, 3.63) is 30.2 Å². The zero-order valence-electron chi connectivity index (χ0n) is 14.9. The quantitative estimate of drug-likeness (QED) is 0.856. The van der Waals surface area contributed by atoms with Gasteiger partial charge in [-0.3, -0.25) is 0 Å². The number of hydrogen-bond donors (Lipinski definition) is 1. The molecule has 2 bridgehead atoms. The van der Waals surface area contributed by atoms with Crippen molar-refractivity contribution in [2.24, 2.45) is 0 Å². The number of rotatable bonds is 1. The Bertz CT molecular complexity index is 793. The topological polar surface area (TPSA) is 75.8 Å². The Labute approximate surface area is 146 Å². The number of fused-ring (bicyclic) bond motifs is 3. The third-order valence-corrected chi connectivity index (χ3v) is 5.24. The molecule has 6 nitrogen and oxygen atoms in total. The summed E-state index contributed by atoms with van der Waals surface area (Å²) in [6, 6.07) is 5.65. The Kier molecular flexibility index (Phi) is 3.58. The van der Waals surface area contributed by atoms with E-state index in [0.717, 1.165) is 23.9 Å². The van der Waals surface area contributed by atoms with E-state index >= 15 is 0 Å². The maximum Gasteiger partial charge on any atom is 0.410 e. The molecule has 0 spiro atoms. The van der Waals surface area contributed by atoms with Gasteiger partial charge in [0, 0.05) is 24.9 Å². The summed E-state index contributed by atoms with van der Waals surface area (Å²) in [5.41, 5.74) is 0.837. The Morgan fingerprint density at radius 2 is 2.00 bits per heavy atom. The van der Waals surface area contributed by atoms with Gasteiger partial charge in [0.1, 0.15) is 11.1 Å². The Morgan fingerprint density at radius 1 is 1.32 bits per heavy atom. The minimum atomic E-state index is -0.947. The van der Waals surface area contributed by atoms with Crippen LogP contribution in [0.25, 0.3) is 11.1 Å². The molecular formula is C19H24N2O4. The zero-order chi connectivity index (χ0) is 17.8. The third kappa shape index (κ3) is 2.88. The van der Waals surface area contributed by atoms with Crippen molar-refractivity contribution in [3.63, 3.8) is 0 Å². The molecule has 1 N–H and O–H groups in total. The highest BCUT2D eigenvalue weighted by atomic mass is 16.6. The standard InChI is InChI=1S/C19H24N2O4/c1-18(2,3)25-17(22)21-13-5-6-14(21)10-19(23,9-13)12-4-7-16-15(8-12)20-11-24-16/h4,7-8,11,13-14,23H,5-6,9-10H2,1-3H3. The van der Waals surface area contributed by atoms with Crippen molar-refractivity contribution in [3.8, 4) is 0 Å². The summed E-state index contributed by atoms with van der Waals surface area (Å²) in [5, 5.41) is 11.3. The van der Waals surface area contributed by atoms with Crippen molar-refractivity contribution in [1.82, 2.24) is 9.88 Å². The number of carbonyl (C=O) groups is 1. The lowest BCUT2D eigenvalue weighted by atomic mass is 9.80. The first-order chi connectivity index (χ1) is 11.8. The molecule has 25 heavy (non-hydrogen) atoms. The third-order valence-electron chi connectivity index (χ3n) is 5.24. The van der Waals surface area contributed by atoms with E-state index in [0.29, 0.717) is 18.4 Å². The van der Waals surface area contributed by atoms with Crippen molar-refractivity contribution in [2.45, 2.75) is 69.7 Å². The van der Waals surface area contributed by atoms with Crippen LogP contribution in [0.2, 0.25) is 0 Å². The summed E-state index contributed by atoms with van der Waals surface area (Å²) < 4.78 is 10.8. The molecular weight excluding hydrogens is 320 g/mol. The van der Waals surface area contributed by atoms with E-state index in [1.165, 1.54) is 6.39 Å². The van der Waals surface area contributed by atoms with E-state index < -0.39 is 11.2 Å². The molecule has 134 valence electrons. The Balaban J connectivity index is 1.58. The number of aliphatic hydroxyl groups is 1. The van der Waals surface area contributed by atoms with Gasteiger partial charge in [0.15, 0.2) is 12.0 Å². The van der Waals surface area contributed by atoms with Crippen LogP contribution in [0.3, 0.4) is 0 Å². The zero-order valence-corrected chi connectivity index (χ0v) is 14.9. The van der Waals surface area contributed by atoms with E-state index in [1.54, 1.807) is 0 Å². The summed E-state index contributed by atoms with van der Waals surface area (Å²) in [6.07, 6.45) is 3.98. The smallest absolute Gasteiger partial charge is 0.410 e. The van der Waals surface area contributed by atoms with E-state index in [1.807, 2.05) is 43.9 Å². The van der Waals surface area contributed by atoms with E-state index in [2.05, 4.69) is 4.98 Å². The number of aromatic nitrogens is 1. The number of hydrogen-bond acceptors (Lipinski definition) is 5. The number of oxazole rings is 1. The summed E-state index contributed by atoms with van der Waals surface area (Å²) in [6.45, 7) is 5.63. The average molecular weight is 344 g/mol. The van der Waals surface area contributed by atoms with Gasteiger partial charge in [-0.25, -0.2) is 9.78 Å². The number of carbonyl (C=O) groups excluding carboxylic acids is 1. The van der Waals surface area contributed by atoms with Gasteiger partial charge < -0.3 is 19.2 Å². The lowest BCUT2D eigenvalue weighted by Crippen LogP contribution is -2.53. The first-order valence-corrected chi connectivity index (χ1v) is 8.83. The fraction of sp³-hybridized carbons (Fsp3) is 0.579. The van der Waals surface area contributed by atoms with Crippen LogP contribution in [0, 0.1) is 0 Å². The normalized spacial score (nSPS) is 29.2. The molecule has 0 saturated carbocycles. The fourth-order valence-corrected chi connectivity index (χ4v) is 4.22. The van der Waals surface area contributed by atoms with Gasteiger partial charge in [0.25, 0.3) is 0 Å². The monoisotopic (exact) mass is 344 g/mol. The molecule has 1 aromatic heterocycles. The van der Waals surface area contributed by atoms with Gasteiger partial charge in [-0.2, -0.15) is 0 Å². The van der Waals surface area contributed by atoms with Crippen molar-refractivity contribution >= 4 is 17.2 Å². The van der Waals surface area contributed by atoms with Crippen LogP contribution in [0.15, 0.2) is 29.0 Å². The van der Waals surface area contributed by atoms with Crippen molar-refractivity contribution in [1.29, 1.82) is 0 Å². The molecule has 6 heteroatoms. The number of amides is 1. The molecule has 0 radical (unpaired) electrons. The molecule has 2 aliphatic rings. The summed E-state index contributed by atoms with van der Waals surface area (Å²) >= 11 is 0. The molecule has 2 unspecified atom stereocenters. The SMILES string of the molecule is CC(C)(C)OC(=O)N1C2CCC1CC(O)(c1ccc3ocnc3c1)C2. The second-order valence-corrected chi connectivity index (χ2v) is 8.25. The second kappa shape index (κ2) is 5.46. The first-order valence-electron chi connectivity index (χ1n) is 8.83. The van der Waals surface area contributed by atoms with Gasteiger partial charge in [0.05, 0.1) is 5.60 Å². The highest BCUT2D eigenvalue weighted by molar-refractivity contribution is 5.73. The maximum absolute atomic E-state index is 12.6. The molecule has 4 rings (SSSR count). The molecule has 2 saturated heterocycles. The van der Waals surface area contributed by atoms with Crippen LogP contribution in [0.5, 0.6) is 0 Å². The first kappa shape index (κ1) is 16.4. The van der Waals surface area contributed by atoms with Crippen molar-refractivity contribution in [2.75, 3.05) is 0 Å². The predicted molar refractivity (Wildman–Crippen MR) is 92.0 cm³/mol. The van der Waals surface area contributed by atoms with Crippen LogP contribution in [-0.4, -0.2) is 38.8 Å². The van der Waals surface area contributed by atoms with Crippen LogP contribution in [-0.2, 0) is 10.3 Å². The van der Waals surface area contributed by atoms with E-state index in [9.17, 15) is 9.90 Å². The summed E-state index contributed by atoms with van der Waals surface area (Å²) in [4.78, 5) is 18.6. The average Bonchev–Trinajstić information content (AvgIpc) is 3.08. The molecule has 2 fully saturated rings. The van der Waals surface area contributed by atoms with Gasteiger partial charge >= 0.3 is 6.09 Å². The van der Waals surface area contributed by atoms with Gasteiger partial charge in [0.2, 0.25) is 0 Å². The van der Waals surface area contributed by atoms with Crippen LogP contribution in [0.1, 0.15) is 52.0 Å². The largest absolute Gasteiger partial charge is 0.444 e. The number of piperidine rings is 1. The molecule has 2 aromatic rings. The molecule has 1 amide bonds. The number of benzene rings is 1. The minimum absolute atomic E-state index is 0.00612. The molecule has 2 aliphatic heterocycles. The molecule has 2 atom stereocenters. The highest BCUT2D eigenvalue weighted by Gasteiger charge is 2.51. The molecule has 3 heterocycles. The predicted octanol–water partition coefficient (Wildman–Crippen LogP) is 3.58. The maximum atomic E-state index is 12.6. The van der Waals surface area contributed by atoms with E-state index in [4.69, 9.17) is 9.15 Å². The highest BCUT2D eigenvalue weighted by Crippen LogP contribution is 2.46. The minimum Gasteiger partial charge on any atom is -0.444 e. The summed E-state index contributed by atoms with van der Waals surface area (Å²) in [7, 11) is 0. The number of nitrogens with zero attached hydrogens (tertiary/aromatic N) is 2.